The molecule has 0 heterocycles. The van der Waals surface area contributed by atoms with E-state index in [9.17, 15) is 14.4 Å². The van der Waals surface area contributed by atoms with Crippen LogP contribution in [-0.2, 0) is 28.6 Å². The highest BCUT2D eigenvalue weighted by molar-refractivity contribution is 5.71. The predicted octanol–water partition coefficient (Wildman–Crippen LogP) is 17.8. The van der Waals surface area contributed by atoms with Crippen LogP contribution in [0.3, 0.4) is 0 Å². The van der Waals surface area contributed by atoms with Crippen LogP contribution in [0.4, 0.5) is 0 Å². The lowest BCUT2D eigenvalue weighted by atomic mass is 10.0. The highest BCUT2D eigenvalue weighted by Gasteiger charge is 2.19. The molecule has 6 heteroatoms. The summed E-state index contributed by atoms with van der Waals surface area (Å²) < 4.78 is 16.8. The molecule has 0 aromatic carbocycles. The van der Waals surface area contributed by atoms with Crippen molar-refractivity contribution in [2.24, 2.45) is 5.92 Å². The van der Waals surface area contributed by atoms with Gasteiger partial charge in [0.15, 0.2) is 6.10 Å². The standard InChI is InChI=1S/C55H106O6/c1-5-7-9-11-13-15-17-18-19-20-21-24-27-31-35-39-43-47-54(57)60-50-52(49-59-53(56)46-42-38-34-30-16-14-12-10-8-6-2)61-55(58)48-44-40-36-32-28-25-22-23-26-29-33-37-41-45-51(3)4/h51-52H,5-50H2,1-4H3/t52-/m1/s1. The lowest BCUT2D eigenvalue weighted by Crippen LogP contribution is -2.30. The molecule has 0 radical (unpaired) electrons. The monoisotopic (exact) mass is 863 g/mol. The third-order valence-electron chi connectivity index (χ3n) is 12.5. The minimum absolute atomic E-state index is 0.0623. The Morgan fingerprint density at radius 3 is 0.803 bits per heavy atom. The van der Waals surface area contributed by atoms with Gasteiger partial charge in [0.05, 0.1) is 0 Å². The molecule has 0 aliphatic rings. The Labute approximate surface area is 380 Å². The number of hydrogen-bond acceptors (Lipinski definition) is 6. The molecule has 0 saturated carbocycles. The first kappa shape index (κ1) is 59.4. The molecule has 6 nitrogen and oxygen atoms in total. The van der Waals surface area contributed by atoms with Gasteiger partial charge in [-0.05, 0) is 25.2 Å². The molecule has 1 atom stereocenters. The van der Waals surface area contributed by atoms with Gasteiger partial charge in [-0.15, -0.1) is 0 Å². The molecule has 61 heavy (non-hydrogen) atoms. The summed E-state index contributed by atoms with van der Waals surface area (Å²) in [5, 5.41) is 0. The predicted molar refractivity (Wildman–Crippen MR) is 261 cm³/mol. The third-order valence-corrected chi connectivity index (χ3v) is 12.5. The van der Waals surface area contributed by atoms with E-state index in [1.54, 1.807) is 0 Å². The van der Waals surface area contributed by atoms with Crippen LogP contribution in [0, 0.1) is 5.92 Å². The molecule has 0 unspecified atom stereocenters. The van der Waals surface area contributed by atoms with Crippen molar-refractivity contribution < 1.29 is 28.6 Å². The van der Waals surface area contributed by atoms with Gasteiger partial charge >= 0.3 is 17.9 Å². The second-order valence-electron chi connectivity index (χ2n) is 19.3. The molecule has 0 saturated heterocycles. The summed E-state index contributed by atoms with van der Waals surface area (Å²) in [4.78, 5) is 38.0. The number of unbranched alkanes of at least 4 members (excludes halogenated alkanes) is 37. The van der Waals surface area contributed by atoms with E-state index in [2.05, 4.69) is 27.7 Å². The summed E-state index contributed by atoms with van der Waals surface area (Å²) in [5.74, 6) is -0.00315. The van der Waals surface area contributed by atoms with Crippen molar-refractivity contribution in [2.45, 2.75) is 316 Å². The fourth-order valence-corrected chi connectivity index (χ4v) is 8.39. The summed E-state index contributed by atoms with van der Waals surface area (Å²) in [6.07, 6.45) is 52.3. The molecule has 0 aromatic rings. The molecule has 0 bridgehead atoms. The van der Waals surface area contributed by atoms with Crippen LogP contribution >= 0.6 is 0 Å². The Balaban J connectivity index is 4.26. The van der Waals surface area contributed by atoms with E-state index in [0.29, 0.717) is 19.3 Å². The van der Waals surface area contributed by atoms with Crippen molar-refractivity contribution >= 4 is 17.9 Å². The lowest BCUT2D eigenvalue weighted by Gasteiger charge is -2.18. The van der Waals surface area contributed by atoms with E-state index < -0.39 is 6.10 Å². The first-order valence-electron chi connectivity index (χ1n) is 27.4. The summed E-state index contributed by atoms with van der Waals surface area (Å²) in [6.45, 7) is 9.04. The molecule has 0 rings (SSSR count). The number of carbonyl (C=O) groups is 3. The molecule has 0 aliphatic carbocycles. The molecule has 0 amide bonds. The average Bonchev–Trinajstić information content (AvgIpc) is 3.24. The van der Waals surface area contributed by atoms with Gasteiger partial charge in [-0.2, -0.15) is 0 Å². The SMILES string of the molecule is CCCCCCCCCCCCCCCCCCCC(=O)OC[C@@H](COC(=O)CCCCCCCCCCCC)OC(=O)CCCCCCCCCCCCCCCC(C)C. The van der Waals surface area contributed by atoms with Gasteiger partial charge in [-0.3, -0.25) is 14.4 Å². The van der Waals surface area contributed by atoms with E-state index in [-0.39, 0.29) is 31.1 Å². The topological polar surface area (TPSA) is 78.9 Å². The Bertz CT molecular complexity index is 918. The van der Waals surface area contributed by atoms with Crippen LogP contribution in [0.25, 0.3) is 0 Å². The van der Waals surface area contributed by atoms with Crippen molar-refractivity contribution in [1.82, 2.24) is 0 Å². The van der Waals surface area contributed by atoms with Gasteiger partial charge in [0, 0.05) is 19.3 Å². The van der Waals surface area contributed by atoms with E-state index in [1.165, 1.54) is 205 Å². The molecular weight excluding hydrogens is 757 g/mol. The minimum Gasteiger partial charge on any atom is -0.462 e. The maximum Gasteiger partial charge on any atom is 0.306 e. The fourth-order valence-electron chi connectivity index (χ4n) is 8.39. The van der Waals surface area contributed by atoms with Gasteiger partial charge in [-0.1, -0.05) is 272 Å². The van der Waals surface area contributed by atoms with Crippen molar-refractivity contribution in [1.29, 1.82) is 0 Å². The second-order valence-corrected chi connectivity index (χ2v) is 19.3. The van der Waals surface area contributed by atoms with E-state index in [1.807, 2.05) is 0 Å². The zero-order valence-corrected chi connectivity index (χ0v) is 41.6. The van der Waals surface area contributed by atoms with Crippen molar-refractivity contribution in [2.75, 3.05) is 13.2 Å². The van der Waals surface area contributed by atoms with Gasteiger partial charge in [0.1, 0.15) is 13.2 Å². The quantitative estimate of drug-likeness (QED) is 0.0344. The van der Waals surface area contributed by atoms with Crippen molar-refractivity contribution in [3.05, 3.63) is 0 Å². The molecular formula is C55H106O6. The summed E-state index contributed by atoms with van der Waals surface area (Å²) in [7, 11) is 0. The maximum atomic E-state index is 12.8. The van der Waals surface area contributed by atoms with Crippen LogP contribution in [-0.4, -0.2) is 37.2 Å². The largest absolute Gasteiger partial charge is 0.462 e. The number of rotatable bonds is 50. The highest BCUT2D eigenvalue weighted by atomic mass is 16.6. The Hall–Kier alpha value is -1.59. The highest BCUT2D eigenvalue weighted by Crippen LogP contribution is 2.17. The lowest BCUT2D eigenvalue weighted by molar-refractivity contribution is -0.167. The second kappa shape index (κ2) is 49.4. The Morgan fingerprint density at radius 1 is 0.311 bits per heavy atom. The van der Waals surface area contributed by atoms with E-state index in [0.717, 1.165) is 63.7 Å². The molecule has 0 N–H and O–H groups in total. The van der Waals surface area contributed by atoms with E-state index in [4.69, 9.17) is 14.2 Å². The first-order chi connectivity index (χ1) is 29.9. The van der Waals surface area contributed by atoms with Gasteiger partial charge < -0.3 is 14.2 Å². The maximum absolute atomic E-state index is 12.8. The number of esters is 3. The smallest absolute Gasteiger partial charge is 0.306 e. The Morgan fingerprint density at radius 2 is 0.541 bits per heavy atom. The van der Waals surface area contributed by atoms with Crippen LogP contribution in [0.15, 0.2) is 0 Å². The van der Waals surface area contributed by atoms with Gasteiger partial charge in [-0.25, -0.2) is 0 Å². The number of hydrogen-bond donors (Lipinski definition) is 0. The summed E-state index contributed by atoms with van der Waals surface area (Å²) >= 11 is 0. The summed E-state index contributed by atoms with van der Waals surface area (Å²) in [5.41, 5.74) is 0. The zero-order valence-electron chi connectivity index (χ0n) is 41.6. The zero-order chi connectivity index (χ0) is 44.5. The molecule has 0 aromatic heterocycles. The summed E-state index contributed by atoms with van der Waals surface area (Å²) in [6, 6.07) is 0. The van der Waals surface area contributed by atoms with E-state index >= 15 is 0 Å². The van der Waals surface area contributed by atoms with Crippen LogP contribution in [0.1, 0.15) is 310 Å². The Kier molecular flexibility index (Phi) is 48.1. The molecule has 0 aliphatic heterocycles. The first-order valence-corrected chi connectivity index (χ1v) is 27.4. The van der Waals surface area contributed by atoms with Crippen molar-refractivity contribution in [3.63, 3.8) is 0 Å². The number of ether oxygens (including phenoxy) is 3. The van der Waals surface area contributed by atoms with Crippen LogP contribution in [0.2, 0.25) is 0 Å². The van der Waals surface area contributed by atoms with Gasteiger partial charge in [0.2, 0.25) is 0 Å². The third kappa shape index (κ3) is 49.3. The average molecular weight is 863 g/mol. The fraction of sp³-hybridized carbons (Fsp3) is 0.945. The van der Waals surface area contributed by atoms with Crippen molar-refractivity contribution in [3.8, 4) is 0 Å². The van der Waals surface area contributed by atoms with Crippen LogP contribution in [0.5, 0.6) is 0 Å². The number of carbonyl (C=O) groups excluding carboxylic acids is 3. The van der Waals surface area contributed by atoms with Crippen LogP contribution < -0.4 is 0 Å². The molecule has 0 fully saturated rings. The van der Waals surface area contributed by atoms with Gasteiger partial charge in [0.25, 0.3) is 0 Å². The molecule has 362 valence electrons. The molecule has 0 spiro atoms. The normalized spacial score (nSPS) is 12.0. The minimum atomic E-state index is -0.760.